The number of aromatic nitrogens is 3. The molecule has 0 unspecified atom stereocenters. The first-order valence-corrected chi connectivity index (χ1v) is 9.37. The van der Waals surface area contributed by atoms with Crippen molar-refractivity contribution in [1.82, 2.24) is 30.1 Å². The van der Waals surface area contributed by atoms with Gasteiger partial charge in [0.1, 0.15) is 0 Å². The molecule has 2 aromatic rings. The third kappa shape index (κ3) is 3.32. The zero-order valence-electron chi connectivity index (χ0n) is 15.6. The van der Waals surface area contributed by atoms with Crippen molar-refractivity contribution < 1.29 is 9.59 Å². The maximum Gasteiger partial charge on any atom is 0.276 e. The van der Waals surface area contributed by atoms with E-state index in [1.807, 2.05) is 30.3 Å². The number of amides is 2. The molecule has 0 spiro atoms. The van der Waals surface area contributed by atoms with Gasteiger partial charge in [-0.05, 0) is 19.4 Å². The van der Waals surface area contributed by atoms with E-state index in [-0.39, 0.29) is 29.2 Å². The molecular formula is C19H24N6O2. The molecule has 1 N–H and O–H groups in total. The second-order valence-corrected chi connectivity index (χ2v) is 7.33. The standard InChI is InChI=1S/C19H24N6O2/c1-13(2)23-8-10-24(11-9-23)19(27)16-17-18(26)20-15(12-25(17)22-21-16)14-6-4-3-5-7-14/h3-7,13,15H,8-12H2,1-2H3,(H,20,26)/t15-/m1/s1. The highest BCUT2D eigenvalue weighted by Crippen LogP contribution is 2.22. The lowest BCUT2D eigenvalue weighted by molar-refractivity contribution is 0.0585. The first kappa shape index (κ1) is 17.7. The Morgan fingerprint density at radius 2 is 1.85 bits per heavy atom. The summed E-state index contributed by atoms with van der Waals surface area (Å²) in [6.07, 6.45) is 0. The number of piperazine rings is 1. The van der Waals surface area contributed by atoms with E-state index in [0.717, 1.165) is 18.7 Å². The third-order valence-corrected chi connectivity index (χ3v) is 5.35. The average molecular weight is 368 g/mol. The fourth-order valence-corrected chi connectivity index (χ4v) is 3.72. The van der Waals surface area contributed by atoms with E-state index >= 15 is 0 Å². The van der Waals surface area contributed by atoms with Gasteiger partial charge in [-0.1, -0.05) is 35.5 Å². The molecule has 1 aromatic carbocycles. The number of rotatable bonds is 3. The maximum absolute atomic E-state index is 12.9. The van der Waals surface area contributed by atoms with Crippen LogP contribution in [0.25, 0.3) is 0 Å². The Morgan fingerprint density at radius 1 is 1.15 bits per heavy atom. The minimum Gasteiger partial charge on any atom is -0.342 e. The quantitative estimate of drug-likeness (QED) is 0.871. The number of nitrogens with zero attached hydrogens (tertiary/aromatic N) is 5. The van der Waals surface area contributed by atoms with Crippen molar-refractivity contribution in [3.63, 3.8) is 0 Å². The average Bonchev–Trinajstić information content (AvgIpc) is 3.13. The number of hydrogen-bond donors (Lipinski definition) is 1. The highest BCUT2D eigenvalue weighted by Gasteiger charge is 2.35. The van der Waals surface area contributed by atoms with E-state index in [1.165, 1.54) is 0 Å². The molecule has 3 heterocycles. The van der Waals surface area contributed by atoms with Crippen molar-refractivity contribution >= 4 is 11.8 Å². The Balaban J connectivity index is 1.52. The van der Waals surface area contributed by atoms with E-state index in [4.69, 9.17) is 0 Å². The van der Waals surface area contributed by atoms with Gasteiger partial charge in [-0.2, -0.15) is 0 Å². The van der Waals surface area contributed by atoms with E-state index in [0.29, 0.717) is 25.7 Å². The summed E-state index contributed by atoms with van der Waals surface area (Å²) >= 11 is 0. The van der Waals surface area contributed by atoms with Gasteiger partial charge in [0, 0.05) is 32.2 Å². The fourth-order valence-electron chi connectivity index (χ4n) is 3.72. The molecule has 0 bridgehead atoms. The van der Waals surface area contributed by atoms with Crippen LogP contribution in [0.3, 0.4) is 0 Å². The van der Waals surface area contributed by atoms with Gasteiger partial charge in [0.15, 0.2) is 11.4 Å². The molecule has 142 valence electrons. The van der Waals surface area contributed by atoms with Crippen LogP contribution in [0.5, 0.6) is 0 Å². The summed E-state index contributed by atoms with van der Waals surface area (Å²) in [6.45, 7) is 7.70. The van der Waals surface area contributed by atoms with Crippen molar-refractivity contribution in [3.8, 4) is 0 Å². The lowest BCUT2D eigenvalue weighted by atomic mass is 10.0. The van der Waals surface area contributed by atoms with Gasteiger partial charge in [-0.25, -0.2) is 4.68 Å². The summed E-state index contributed by atoms with van der Waals surface area (Å²) in [5, 5.41) is 11.1. The largest absolute Gasteiger partial charge is 0.342 e. The molecule has 0 saturated carbocycles. The molecule has 0 radical (unpaired) electrons. The van der Waals surface area contributed by atoms with Crippen LogP contribution in [-0.2, 0) is 6.54 Å². The molecule has 8 heteroatoms. The number of benzene rings is 1. The molecule has 8 nitrogen and oxygen atoms in total. The second kappa shape index (κ2) is 7.11. The van der Waals surface area contributed by atoms with E-state index < -0.39 is 0 Å². The molecule has 2 aliphatic rings. The number of nitrogens with one attached hydrogen (secondary N) is 1. The summed E-state index contributed by atoms with van der Waals surface area (Å²) in [7, 11) is 0. The molecule has 1 saturated heterocycles. The molecule has 0 aliphatic carbocycles. The van der Waals surface area contributed by atoms with E-state index in [9.17, 15) is 9.59 Å². The van der Waals surface area contributed by atoms with Crippen LogP contribution in [0.15, 0.2) is 30.3 Å². The van der Waals surface area contributed by atoms with Crippen LogP contribution >= 0.6 is 0 Å². The van der Waals surface area contributed by atoms with Gasteiger partial charge in [0.25, 0.3) is 11.8 Å². The zero-order chi connectivity index (χ0) is 19.0. The van der Waals surface area contributed by atoms with Crippen molar-refractivity contribution in [2.45, 2.75) is 32.5 Å². The predicted octanol–water partition coefficient (Wildman–Crippen LogP) is 0.929. The van der Waals surface area contributed by atoms with Crippen LogP contribution in [-0.4, -0.2) is 68.8 Å². The number of carbonyl (C=O) groups excluding carboxylic acids is 2. The van der Waals surface area contributed by atoms with Gasteiger partial charge in [0.05, 0.1) is 12.6 Å². The maximum atomic E-state index is 12.9. The molecule has 2 amide bonds. The van der Waals surface area contributed by atoms with Crippen LogP contribution < -0.4 is 5.32 Å². The Kier molecular flexibility index (Phi) is 4.65. The Morgan fingerprint density at radius 3 is 2.52 bits per heavy atom. The highest BCUT2D eigenvalue weighted by molar-refractivity contribution is 6.05. The number of fused-ring (bicyclic) bond motifs is 1. The van der Waals surface area contributed by atoms with E-state index in [2.05, 4.69) is 34.4 Å². The summed E-state index contributed by atoms with van der Waals surface area (Å²) in [6, 6.07) is 10.0. The van der Waals surface area contributed by atoms with E-state index in [1.54, 1.807) is 9.58 Å². The highest BCUT2D eigenvalue weighted by atomic mass is 16.2. The van der Waals surface area contributed by atoms with Gasteiger partial charge in [0.2, 0.25) is 0 Å². The van der Waals surface area contributed by atoms with Gasteiger partial charge in [-0.15, -0.1) is 5.10 Å². The van der Waals surface area contributed by atoms with Gasteiger partial charge < -0.3 is 10.2 Å². The third-order valence-electron chi connectivity index (χ3n) is 5.35. The fraction of sp³-hybridized carbons (Fsp3) is 0.474. The minimum absolute atomic E-state index is 0.150. The normalized spacial score (nSPS) is 20.5. The van der Waals surface area contributed by atoms with Crippen LogP contribution in [0.4, 0.5) is 0 Å². The molecule has 2 aliphatic heterocycles. The zero-order valence-corrected chi connectivity index (χ0v) is 15.6. The predicted molar refractivity (Wildman–Crippen MR) is 99.3 cm³/mol. The Hall–Kier alpha value is -2.74. The first-order chi connectivity index (χ1) is 13.0. The lowest BCUT2D eigenvalue weighted by Crippen LogP contribution is -2.51. The molecule has 1 aromatic heterocycles. The monoisotopic (exact) mass is 368 g/mol. The summed E-state index contributed by atoms with van der Waals surface area (Å²) in [5.74, 6) is -0.516. The van der Waals surface area contributed by atoms with Crippen LogP contribution in [0, 0.1) is 0 Å². The summed E-state index contributed by atoms with van der Waals surface area (Å²) in [5.41, 5.74) is 1.42. The first-order valence-electron chi connectivity index (χ1n) is 9.37. The molecule has 1 atom stereocenters. The van der Waals surface area contributed by atoms with Gasteiger partial charge in [-0.3, -0.25) is 14.5 Å². The Bertz CT molecular complexity index is 839. The molecule has 1 fully saturated rings. The SMILES string of the molecule is CC(C)N1CCN(C(=O)c2nnn3c2C(=O)N[C@@H](c2ccccc2)C3)CC1. The molecular weight excluding hydrogens is 344 g/mol. The molecule has 27 heavy (non-hydrogen) atoms. The molecule has 4 rings (SSSR count). The number of hydrogen-bond acceptors (Lipinski definition) is 5. The topological polar surface area (TPSA) is 83.4 Å². The summed E-state index contributed by atoms with van der Waals surface area (Å²) in [4.78, 5) is 29.7. The van der Waals surface area contributed by atoms with Crippen LogP contribution in [0.1, 0.15) is 46.4 Å². The summed E-state index contributed by atoms with van der Waals surface area (Å²) < 4.78 is 1.55. The van der Waals surface area contributed by atoms with Crippen molar-refractivity contribution in [2.75, 3.05) is 26.2 Å². The van der Waals surface area contributed by atoms with Crippen molar-refractivity contribution in [3.05, 3.63) is 47.3 Å². The minimum atomic E-state index is -0.302. The Labute approximate surface area is 158 Å². The number of carbonyl (C=O) groups is 2. The van der Waals surface area contributed by atoms with Crippen molar-refractivity contribution in [2.24, 2.45) is 0 Å². The van der Waals surface area contributed by atoms with Gasteiger partial charge >= 0.3 is 0 Å². The lowest BCUT2D eigenvalue weighted by Gasteiger charge is -2.36. The van der Waals surface area contributed by atoms with Crippen molar-refractivity contribution in [1.29, 1.82) is 0 Å². The second-order valence-electron chi connectivity index (χ2n) is 7.33. The van der Waals surface area contributed by atoms with Crippen LogP contribution in [0.2, 0.25) is 0 Å². The smallest absolute Gasteiger partial charge is 0.276 e.